The number of benzene rings is 1. The Bertz CT molecular complexity index is 639. The molecule has 0 spiro atoms. The Kier molecular flexibility index (Phi) is 3.87. The van der Waals surface area contributed by atoms with Gasteiger partial charge in [0, 0.05) is 26.3 Å². The van der Waals surface area contributed by atoms with E-state index in [0.29, 0.717) is 24.6 Å². The zero-order chi connectivity index (χ0) is 14.7. The maximum absolute atomic E-state index is 12.7. The van der Waals surface area contributed by atoms with Gasteiger partial charge in [-0.15, -0.1) is 0 Å². The van der Waals surface area contributed by atoms with E-state index in [9.17, 15) is 4.79 Å². The molecule has 0 aliphatic carbocycles. The lowest BCUT2D eigenvalue weighted by Crippen LogP contribution is -2.31. The Morgan fingerprint density at radius 1 is 1.48 bits per heavy atom. The van der Waals surface area contributed by atoms with Gasteiger partial charge in [-0.2, -0.15) is 0 Å². The number of hydrogen-bond donors (Lipinski definition) is 1. The first kappa shape index (κ1) is 13.6. The molecule has 1 aromatic heterocycles. The summed E-state index contributed by atoms with van der Waals surface area (Å²) in [5.41, 5.74) is 2.14. The third-order valence-electron chi connectivity index (χ3n) is 3.38. The number of para-hydroxylation sites is 2. The van der Waals surface area contributed by atoms with E-state index in [-0.39, 0.29) is 5.91 Å². The summed E-state index contributed by atoms with van der Waals surface area (Å²) in [5, 5.41) is 7.18. The number of aromatic nitrogens is 1. The highest BCUT2D eigenvalue weighted by Crippen LogP contribution is 2.29. The van der Waals surface area contributed by atoms with Gasteiger partial charge < -0.3 is 19.5 Å². The van der Waals surface area contributed by atoms with Crippen LogP contribution in [0.5, 0.6) is 0 Å². The predicted octanol–water partition coefficient (Wildman–Crippen LogP) is 2.28. The molecule has 0 fully saturated rings. The van der Waals surface area contributed by atoms with Crippen LogP contribution in [-0.2, 0) is 11.3 Å². The number of nitrogens with zero attached hydrogens (tertiary/aromatic N) is 2. The van der Waals surface area contributed by atoms with Crippen LogP contribution in [0.1, 0.15) is 22.7 Å². The number of rotatable bonds is 3. The molecule has 0 unspecified atom stereocenters. The zero-order valence-electron chi connectivity index (χ0n) is 11.8. The summed E-state index contributed by atoms with van der Waals surface area (Å²) >= 11 is 0. The molecule has 1 aliphatic rings. The van der Waals surface area contributed by atoms with Gasteiger partial charge in [-0.1, -0.05) is 17.3 Å². The summed E-state index contributed by atoms with van der Waals surface area (Å²) in [7, 11) is 1.57. The summed E-state index contributed by atoms with van der Waals surface area (Å²) in [6.07, 6.45) is 0.878. The maximum atomic E-state index is 12.7. The third-order valence-corrected chi connectivity index (χ3v) is 3.38. The molecule has 2 aromatic rings. The van der Waals surface area contributed by atoms with Gasteiger partial charge >= 0.3 is 0 Å². The average molecular weight is 287 g/mol. The minimum absolute atomic E-state index is 0.155. The van der Waals surface area contributed by atoms with Crippen molar-refractivity contribution in [1.82, 2.24) is 5.16 Å². The molecule has 1 aliphatic heterocycles. The number of carbonyl (C=O) groups is 1. The van der Waals surface area contributed by atoms with Crippen LogP contribution in [0.15, 0.2) is 34.9 Å². The number of nitrogens with one attached hydrogen (secondary N) is 1. The van der Waals surface area contributed by atoms with E-state index in [1.807, 2.05) is 24.3 Å². The summed E-state index contributed by atoms with van der Waals surface area (Å²) in [4.78, 5) is 14.4. The molecule has 1 N–H and O–H groups in total. The molecule has 1 amide bonds. The number of methoxy groups -OCH3 is 1. The number of carbonyl (C=O) groups excluding carboxylic acids is 1. The molecule has 1 aromatic carbocycles. The van der Waals surface area contributed by atoms with Crippen molar-refractivity contribution < 1.29 is 14.1 Å². The summed E-state index contributed by atoms with van der Waals surface area (Å²) in [5.74, 6) is 0.388. The highest BCUT2D eigenvalue weighted by Gasteiger charge is 2.24. The van der Waals surface area contributed by atoms with Gasteiger partial charge in [0.1, 0.15) is 6.61 Å². The van der Waals surface area contributed by atoms with Crippen LogP contribution >= 0.6 is 0 Å². The Hall–Kier alpha value is -2.34. The van der Waals surface area contributed by atoms with Gasteiger partial charge in [0.25, 0.3) is 5.91 Å². The molecule has 0 radical (unpaired) electrons. The van der Waals surface area contributed by atoms with Crippen molar-refractivity contribution in [1.29, 1.82) is 0 Å². The van der Waals surface area contributed by atoms with E-state index >= 15 is 0 Å². The van der Waals surface area contributed by atoms with Crippen molar-refractivity contribution in [2.75, 3.05) is 30.4 Å². The van der Waals surface area contributed by atoms with Crippen molar-refractivity contribution in [2.45, 2.75) is 13.0 Å². The number of amides is 1. The normalized spacial score (nSPS) is 14.2. The van der Waals surface area contributed by atoms with Crippen LogP contribution < -0.4 is 10.2 Å². The molecule has 0 saturated heterocycles. The van der Waals surface area contributed by atoms with Crippen LogP contribution in [0.25, 0.3) is 0 Å². The van der Waals surface area contributed by atoms with Gasteiger partial charge in [-0.05, 0) is 18.6 Å². The van der Waals surface area contributed by atoms with Crippen molar-refractivity contribution in [3.63, 3.8) is 0 Å². The Labute approximate surface area is 122 Å². The van der Waals surface area contributed by atoms with Crippen molar-refractivity contribution in [2.24, 2.45) is 0 Å². The second kappa shape index (κ2) is 5.97. The minimum atomic E-state index is -0.155. The molecule has 0 bridgehead atoms. The standard InChI is InChI=1S/C15H17N3O3/c1-20-10-11-9-13(17-21-11)15(19)18-8-4-7-16-12-5-2-3-6-14(12)18/h2-3,5-6,9,16H,4,7-8,10H2,1H3. The van der Waals surface area contributed by atoms with Gasteiger partial charge in [0.05, 0.1) is 11.4 Å². The molecule has 0 saturated carbocycles. The third kappa shape index (κ3) is 2.75. The number of anilines is 2. The number of fused-ring (bicyclic) bond motifs is 1. The van der Waals surface area contributed by atoms with E-state index < -0.39 is 0 Å². The fraction of sp³-hybridized carbons (Fsp3) is 0.333. The molecule has 110 valence electrons. The fourth-order valence-electron chi connectivity index (χ4n) is 2.41. The molecule has 3 rings (SSSR count). The predicted molar refractivity (Wildman–Crippen MR) is 78.4 cm³/mol. The highest BCUT2D eigenvalue weighted by atomic mass is 16.5. The molecule has 0 atom stereocenters. The summed E-state index contributed by atoms with van der Waals surface area (Å²) in [6.45, 7) is 1.79. The Morgan fingerprint density at radius 3 is 3.19 bits per heavy atom. The second-order valence-corrected chi connectivity index (χ2v) is 4.87. The Balaban J connectivity index is 1.89. The zero-order valence-corrected chi connectivity index (χ0v) is 11.8. The summed E-state index contributed by atoms with van der Waals surface area (Å²) < 4.78 is 10.1. The molecule has 21 heavy (non-hydrogen) atoms. The fourth-order valence-corrected chi connectivity index (χ4v) is 2.41. The van der Waals surface area contributed by atoms with Crippen LogP contribution in [-0.4, -0.2) is 31.3 Å². The molecular weight excluding hydrogens is 270 g/mol. The lowest BCUT2D eigenvalue weighted by molar-refractivity contribution is 0.0977. The van der Waals surface area contributed by atoms with Gasteiger partial charge in [-0.3, -0.25) is 4.79 Å². The van der Waals surface area contributed by atoms with Gasteiger partial charge in [0.2, 0.25) is 0 Å². The largest absolute Gasteiger partial charge is 0.383 e. The molecular formula is C15H17N3O3. The first-order chi connectivity index (χ1) is 10.3. The minimum Gasteiger partial charge on any atom is -0.383 e. The molecule has 6 nitrogen and oxygen atoms in total. The lowest BCUT2D eigenvalue weighted by atomic mass is 10.2. The van der Waals surface area contributed by atoms with E-state index in [4.69, 9.17) is 9.26 Å². The van der Waals surface area contributed by atoms with Crippen LogP contribution in [0, 0.1) is 0 Å². The maximum Gasteiger partial charge on any atom is 0.280 e. The monoisotopic (exact) mass is 287 g/mol. The SMILES string of the molecule is COCc1cc(C(=O)N2CCCNc3ccccc32)no1. The second-order valence-electron chi connectivity index (χ2n) is 4.87. The first-order valence-corrected chi connectivity index (χ1v) is 6.89. The smallest absolute Gasteiger partial charge is 0.280 e. The van der Waals surface area contributed by atoms with Crippen molar-refractivity contribution in [3.8, 4) is 0 Å². The average Bonchev–Trinajstić information content (AvgIpc) is 2.86. The van der Waals surface area contributed by atoms with E-state index in [1.54, 1.807) is 18.1 Å². The van der Waals surface area contributed by atoms with Crippen molar-refractivity contribution >= 4 is 17.3 Å². The number of hydrogen-bond acceptors (Lipinski definition) is 5. The Morgan fingerprint density at radius 2 is 2.33 bits per heavy atom. The van der Waals surface area contributed by atoms with E-state index in [1.165, 1.54) is 0 Å². The van der Waals surface area contributed by atoms with Gasteiger partial charge in [0.15, 0.2) is 11.5 Å². The van der Waals surface area contributed by atoms with Crippen LogP contribution in [0.4, 0.5) is 11.4 Å². The quantitative estimate of drug-likeness (QED) is 0.938. The van der Waals surface area contributed by atoms with E-state index in [2.05, 4.69) is 10.5 Å². The van der Waals surface area contributed by atoms with Crippen LogP contribution in [0.2, 0.25) is 0 Å². The lowest BCUT2D eigenvalue weighted by Gasteiger charge is -2.21. The van der Waals surface area contributed by atoms with E-state index in [0.717, 1.165) is 24.3 Å². The van der Waals surface area contributed by atoms with Gasteiger partial charge in [-0.25, -0.2) is 0 Å². The highest BCUT2D eigenvalue weighted by molar-refractivity contribution is 6.06. The molecule has 2 heterocycles. The van der Waals surface area contributed by atoms with Crippen molar-refractivity contribution in [3.05, 3.63) is 41.8 Å². The summed E-state index contributed by atoms with van der Waals surface area (Å²) in [6, 6.07) is 9.41. The topological polar surface area (TPSA) is 67.6 Å². The van der Waals surface area contributed by atoms with Crippen LogP contribution in [0.3, 0.4) is 0 Å². The number of ether oxygens (including phenoxy) is 1. The molecule has 6 heteroatoms. The first-order valence-electron chi connectivity index (χ1n) is 6.89.